The Balaban J connectivity index is 1.53. The van der Waals surface area contributed by atoms with Gasteiger partial charge >= 0.3 is 0 Å². The van der Waals surface area contributed by atoms with Gasteiger partial charge in [-0.1, -0.05) is 30.0 Å². The summed E-state index contributed by atoms with van der Waals surface area (Å²) in [5.41, 5.74) is 6.13. The lowest BCUT2D eigenvalue weighted by Gasteiger charge is -2.19. The molecule has 0 unspecified atom stereocenters. The Hall–Kier alpha value is -2.64. The molecule has 2 aromatic carbocycles. The summed E-state index contributed by atoms with van der Waals surface area (Å²) < 4.78 is 0. The van der Waals surface area contributed by atoms with Crippen molar-refractivity contribution in [2.24, 2.45) is 0 Å². The number of hydrogen-bond donors (Lipinski definition) is 1. The van der Waals surface area contributed by atoms with Crippen LogP contribution in [0.3, 0.4) is 0 Å². The molecule has 7 heteroatoms. The van der Waals surface area contributed by atoms with Crippen LogP contribution in [0.1, 0.15) is 23.7 Å². The van der Waals surface area contributed by atoms with E-state index < -0.39 is 0 Å². The van der Waals surface area contributed by atoms with E-state index in [0.717, 1.165) is 33.1 Å². The minimum atomic E-state index is -0.0471. The first-order chi connectivity index (χ1) is 13.5. The lowest BCUT2D eigenvalue weighted by atomic mass is 10.1. The van der Waals surface area contributed by atoms with Gasteiger partial charge in [0.25, 0.3) is 0 Å². The van der Waals surface area contributed by atoms with E-state index >= 15 is 0 Å². The number of thioether (sulfide) groups is 1. The van der Waals surface area contributed by atoms with Crippen LogP contribution in [0.15, 0.2) is 53.0 Å². The molecular formula is C21H20N4OS2. The number of carbonyl (C=O) groups excluding carboxylic acids is 1. The van der Waals surface area contributed by atoms with Gasteiger partial charge in [0.2, 0.25) is 5.91 Å². The number of para-hydroxylation sites is 2. The molecule has 4 rings (SSSR count). The number of aryl methyl sites for hydroxylation is 2. The smallest absolute Gasteiger partial charge is 0.230 e. The van der Waals surface area contributed by atoms with Crippen molar-refractivity contribution in [2.75, 3.05) is 4.90 Å². The second kappa shape index (κ2) is 7.77. The fourth-order valence-electron chi connectivity index (χ4n) is 2.90. The first-order valence-corrected chi connectivity index (χ1v) is 10.8. The number of aromatic amines is 1. The van der Waals surface area contributed by atoms with Crippen molar-refractivity contribution >= 4 is 50.9 Å². The Morgan fingerprint density at radius 1 is 1.14 bits per heavy atom. The highest BCUT2D eigenvalue weighted by atomic mass is 32.2. The van der Waals surface area contributed by atoms with Gasteiger partial charge < -0.3 is 4.98 Å². The SMILES string of the molecule is CC(=O)N(c1ccc(C)c(C)c1)c1nc(CSc2nc3ccccc3[nH]2)cs1. The highest BCUT2D eigenvalue weighted by Gasteiger charge is 2.18. The van der Waals surface area contributed by atoms with E-state index in [0.29, 0.717) is 10.9 Å². The van der Waals surface area contributed by atoms with Crippen molar-refractivity contribution in [2.45, 2.75) is 31.7 Å². The van der Waals surface area contributed by atoms with Crippen molar-refractivity contribution in [1.29, 1.82) is 0 Å². The second-order valence-corrected chi connectivity index (χ2v) is 8.39. The quantitative estimate of drug-likeness (QED) is 0.436. The molecule has 0 fully saturated rings. The zero-order chi connectivity index (χ0) is 19.7. The lowest BCUT2D eigenvalue weighted by molar-refractivity contribution is -0.115. The number of aromatic nitrogens is 3. The summed E-state index contributed by atoms with van der Waals surface area (Å²) in [4.78, 5) is 26.6. The minimum absolute atomic E-state index is 0.0471. The van der Waals surface area contributed by atoms with Gasteiger partial charge in [-0.05, 0) is 49.2 Å². The fraction of sp³-hybridized carbons (Fsp3) is 0.190. The van der Waals surface area contributed by atoms with Crippen LogP contribution >= 0.6 is 23.1 Å². The van der Waals surface area contributed by atoms with Crippen LogP contribution < -0.4 is 4.90 Å². The number of benzene rings is 2. The molecule has 0 aliphatic carbocycles. The number of imidazole rings is 1. The molecule has 0 spiro atoms. The van der Waals surface area contributed by atoms with Crippen LogP contribution in [0.5, 0.6) is 0 Å². The van der Waals surface area contributed by atoms with Crippen molar-refractivity contribution in [3.63, 3.8) is 0 Å². The van der Waals surface area contributed by atoms with E-state index in [-0.39, 0.29) is 5.91 Å². The van der Waals surface area contributed by atoms with Gasteiger partial charge in [-0.2, -0.15) is 0 Å². The molecule has 1 N–H and O–H groups in total. The normalized spacial score (nSPS) is 11.1. The van der Waals surface area contributed by atoms with Crippen molar-refractivity contribution in [3.05, 3.63) is 64.7 Å². The first kappa shape index (κ1) is 18.7. The summed E-state index contributed by atoms with van der Waals surface area (Å²) in [5, 5.41) is 3.56. The van der Waals surface area contributed by atoms with Gasteiger partial charge in [0.1, 0.15) is 0 Å². The van der Waals surface area contributed by atoms with Gasteiger partial charge in [-0.15, -0.1) is 11.3 Å². The molecule has 1 amide bonds. The first-order valence-electron chi connectivity index (χ1n) is 8.91. The molecule has 0 radical (unpaired) electrons. The van der Waals surface area contributed by atoms with E-state index in [2.05, 4.69) is 23.8 Å². The third-order valence-corrected chi connectivity index (χ3v) is 6.30. The molecule has 0 atom stereocenters. The summed E-state index contributed by atoms with van der Waals surface area (Å²) in [6, 6.07) is 14.0. The zero-order valence-electron chi connectivity index (χ0n) is 15.9. The Morgan fingerprint density at radius 2 is 1.96 bits per heavy atom. The van der Waals surface area contributed by atoms with Gasteiger partial charge in [-0.3, -0.25) is 9.69 Å². The number of nitrogens with one attached hydrogen (secondary N) is 1. The largest absolute Gasteiger partial charge is 0.333 e. The number of nitrogens with zero attached hydrogens (tertiary/aromatic N) is 3. The number of rotatable bonds is 5. The Morgan fingerprint density at radius 3 is 2.71 bits per heavy atom. The molecule has 2 aromatic heterocycles. The number of thiazole rings is 1. The minimum Gasteiger partial charge on any atom is -0.333 e. The summed E-state index contributed by atoms with van der Waals surface area (Å²) in [6.07, 6.45) is 0. The Labute approximate surface area is 171 Å². The zero-order valence-corrected chi connectivity index (χ0v) is 17.5. The van der Waals surface area contributed by atoms with E-state index in [4.69, 9.17) is 4.98 Å². The van der Waals surface area contributed by atoms with Gasteiger partial charge in [0.15, 0.2) is 10.3 Å². The van der Waals surface area contributed by atoms with Crippen LogP contribution in [-0.4, -0.2) is 20.9 Å². The third-order valence-electron chi connectivity index (χ3n) is 4.52. The number of H-pyrrole nitrogens is 1. The van der Waals surface area contributed by atoms with Crippen molar-refractivity contribution < 1.29 is 4.79 Å². The van der Waals surface area contributed by atoms with Gasteiger partial charge in [-0.25, -0.2) is 9.97 Å². The van der Waals surface area contributed by atoms with Crippen molar-refractivity contribution in [1.82, 2.24) is 15.0 Å². The summed E-state index contributed by atoms with van der Waals surface area (Å²) in [7, 11) is 0. The second-order valence-electron chi connectivity index (χ2n) is 6.59. The molecule has 0 aliphatic rings. The predicted molar refractivity (Wildman–Crippen MR) is 117 cm³/mol. The number of hydrogen-bond acceptors (Lipinski definition) is 5. The highest BCUT2D eigenvalue weighted by Crippen LogP contribution is 2.32. The predicted octanol–water partition coefficient (Wildman–Crippen LogP) is 5.61. The molecule has 2 heterocycles. The van der Waals surface area contributed by atoms with E-state index in [1.165, 1.54) is 16.9 Å². The van der Waals surface area contributed by atoms with Crippen LogP contribution in [0.25, 0.3) is 11.0 Å². The molecule has 5 nitrogen and oxygen atoms in total. The number of anilines is 2. The fourth-order valence-corrected chi connectivity index (χ4v) is 4.67. The van der Waals surface area contributed by atoms with E-state index in [1.807, 2.05) is 47.8 Å². The lowest BCUT2D eigenvalue weighted by Crippen LogP contribution is -2.22. The number of fused-ring (bicyclic) bond motifs is 1. The molecule has 0 bridgehead atoms. The maximum Gasteiger partial charge on any atom is 0.230 e. The molecule has 28 heavy (non-hydrogen) atoms. The van der Waals surface area contributed by atoms with E-state index in [1.54, 1.807) is 23.6 Å². The monoisotopic (exact) mass is 408 g/mol. The standard InChI is InChI=1S/C21H20N4OS2/c1-13-8-9-17(10-14(13)2)25(15(3)26)21-22-16(12-28-21)11-27-20-23-18-6-4-5-7-19(18)24-20/h4-10,12H,11H2,1-3H3,(H,23,24). The molecular weight excluding hydrogens is 388 g/mol. The molecule has 142 valence electrons. The van der Waals surface area contributed by atoms with Crippen LogP contribution in [0, 0.1) is 13.8 Å². The maximum absolute atomic E-state index is 12.3. The number of carbonyl (C=O) groups is 1. The molecule has 0 aliphatic heterocycles. The number of amides is 1. The molecule has 0 saturated carbocycles. The van der Waals surface area contributed by atoms with Crippen molar-refractivity contribution in [3.8, 4) is 0 Å². The van der Waals surface area contributed by atoms with Crippen LogP contribution in [0.4, 0.5) is 10.8 Å². The molecule has 4 aromatic rings. The third kappa shape index (κ3) is 3.81. The van der Waals surface area contributed by atoms with Gasteiger partial charge in [0, 0.05) is 18.1 Å². The summed E-state index contributed by atoms with van der Waals surface area (Å²) in [6.45, 7) is 5.68. The van der Waals surface area contributed by atoms with Crippen LogP contribution in [-0.2, 0) is 10.5 Å². The summed E-state index contributed by atoms with van der Waals surface area (Å²) >= 11 is 3.09. The Bertz CT molecular complexity index is 1120. The average molecular weight is 409 g/mol. The summed E-state index contributed by atoms with van der Waals surface area (Å²) in [5.74, 6) is 0.642. The maximum atomic E-state index is 12.3. The molecule has 0 saturated heterocycles. The highest BCUT2D eigenvalue weighted by molar-refractivity contribution is 7.98. The van der Waals surface area contributed by atoms with Crippen LogP contribution in [0.2, 0.25) is 0 Å². The topological polar surface area (TPSA) is 61.9 Å². The van der Waals surface area contributed by atoms with Gasteiger partial charge in [0.05, 0.1) is 22.4 Å². The Kier molecular flexibility index (Phi) is 5.19. The average Bonchev–Trinajstić information content (AvgIpc) is 3.29. The van der Waals surface area contributed by atoms with E-state index in [9.17, 15) is 4.79 Å².